The molecule has 0 aliphatic heterocycles. The lowest BCUT2D eigenvalue weighted by Gasteiger charge is -2.19. The van der Waals surface area contributed by atoms with Crippen molar-refractivity contribution in [3.8, 4) is 0 Å². The summed E-state index contributed by atoms with van der Waals surface area (Å²) < 4.78 is 13.3. The van der Waals surface area contributed by atoms with Gasteiger partial charge < -0.3 is 15.2 Å². The van der Waals surface area contributed by atoms with Crippen LogP contribution >= 0.6 is 0 Å². The van der Waals surface area contributed by atoms with Crippen molar-refractivity contribution in [3.05, 3.63) is 65.1 Å². The van der Waals surface area contributed by atoms with Crippen molar-refractivity contribution < 1.29 is 14.0 Å². The standard InChI is InChI=1S/C23H24FN3O2/c1-14-6-8-20-18(10-14)19-11-15(7-9-21(19)26-20)23(29)27(2)13-22(28)25-17-5-3-4-16(24)12-17/h3-5,7,9,11-12,14,26H,6,8,10,13H2,1-2H3,(H,25,28)/t14-/m0/s1. The van der Waals surface area contributed by atoms with Gasteiger partial charge in [-0.2, -0.15) is 0 Å². The maximum Gasteiger partial charge on any atom is 0.254 e. The molecule has 0 bridgehead atoms. The number of hydrogen-bond donors (Lipinski definition) is 2. The molecule has 29 heavy (non-hydrogen) atoms. The lowest BCUT2D eigenvalue weighted by Crippen LogP contribution is -2.34. The van der Waals surface area contributed by atoms with Gasteiger partial charge in [-0.25, -0.2) is 4.39 Å². The van der Waals surface area contributed by atoms with Gasteiger partial charge in [-0.1, -0.05) is 13.0 Å². The Kier molecular flexibility index (Phi) is 5.09. The third-order valence-corrected chi connectivity index (χ3v) is 5.52. The van der Waals surface area contributed by atoms with Crippen molar-refractivity contribution in [1.82, 2.24) is 9.88 Å². The van der Waals surface area contributed by atoms with E-state index in [1.807, 2.05) is 12.1 Å². The molecule has 0 saturated carbocycles. The number of aromatic nitrogens is 1. The molecule has 150 valence electrons. The van der Waals surface area contributed by atoms with Gasteiger partial charge in [0.25, 0.3) is 5.91 Å². The van der Waals surface area contributed by atoms with Crippen LogP contribution in [0.4, 0.5) is 10.1 Å². The fourth-order valence-corrected chi connectivity index (χ4v) is 4.00. The number of aromatic amines is 1. The van der Waals surface area contributed by atoms with Gasteiger partial charge in [0.15, 0.2) is 0 Å². The van der Waals surface area contributed by atoms with Crippen LogP contribution in [0.2, 0.25) is 0 Å². The first kappa shape index (κ1) is 19.2. The highest BCUT2D eigenvalue weighted by Crippen LogP contribution is 2.32. The summed E-state index contributed by atoms with van der Waals surface area (Å²) >= 11 is 0. The largest absolute Gasteiger partial charge is 0.358 e. The predicted molar refractivity (Wildman–Crippen MR) is 111 cm³/mol. The van der Waals surface area contributed by atoms with Crippen LogP contribution in [0.3, 0.4) is 0 Å². The zero-order valence-electron chi connectivity index (χ0n) is 16.6. The highest BCUT2D eigenvalue weighted by atomic mass is 19.1. The van der Waals surface area contributed by atoms with Crippen LogP contribution in [0.1, 0.15) is 35.0 Å². The lowest BCUT2D eigenvalue weighted by atomic mass is 9.87. The summed E-state index contributed by atoms with van der Waals surface area (Å²) in [6, 6.07) is 11.3. The Hall–Kier alpha value is -3.15. The molecule has 3 aromatic rings. The zero-order valence-corrected chi connectivity index (χ0v) is 16.6. The quantitative estimate of drug-likeness (QED) is 0.700. The van der Waals surface area contributed by atoms with Crippen molar-refractivity contribution in [1.29, 1.82) is 0 Å². The minimum Gasteiger partial charge on any atom is -0.358 e. The number of fused-ring (bicyclic) bond motifs is 3. The summed E-state index contributed by atoms with van der Waals surface area (Å²) in [6.45, 7) is 2.14. The number of nitrogens with one attached hydrogen (secondary N) is 2. The van der Waals surface area contributed by atoms with Crippen LogP contribution < -0.4 is 5.32 Å². The van der Waals surface area contributed by atoms with Gasteiger partial charge in [-0.15, -0.1) is 0 Å². The number of H-pyrrole nitrogens is 1. The molecule has 1 atom stereocenters. The number of benzene rings is 2. The van der Waals surface area contributed by atoms with Gasteiger partial charge in [0.2, 0.25) is 5.91 Å². The molecule has 1 aliphatic rings. The number of amides is 2. The first-order chi connectivity index (χ1) is 13.9. The Morgan fingerprint density at radius 2 is 2.07 bits per heavy atom. The number of likely N-dealkylation sites (N-methyl/N-ethyl adjacent to an activating group) is 1. The van der Waals surface area contributed by atoms with Crippen LogP contribution in [0.25, 0.3) is 10.9 Å². The highest BCUT2D eigenvalue weighted by molar-refractivity contribution is 6.01. The van der Waals surface area contributed by atoms with Crippen LogP contribution in [-0.2, 0) is 17.6 Å². The average molecular weight is 393 g/mol. The lowest BCUT2D eigenvalue weighted by molar-refractivity contribution is -0.116. The van der Waals surface area contributed by atoms with Crippen LogP contribution in [0.5, 0.6) is 0 Å². The minimum atomic E-state index is -0.426. The van der Waals surface area contributed by atoms with Crippen molar-refractivity contribution >= 4 is 28.4 Å². The van der Waals surface area contributed by atoms with E-state index in [1.54, 1.807) is 19.2 Å². The van der Waals surface area contributed by atoms with Crippen molar-refractivity contribution in [2.45, 2.75) is 26.2 Å². The number of rotatable bonds is 4. The summed E-state index contributed by atoms with van der Waals surface area (Å²) in [5.41, 5.74) is 4.54. The molecule has 0 spiro atoms. The molecule has 1 aliphatic carbocycles. The Bertz CT molecular complexity index is 1090. The van der Waals surface area contributed by atoms with Gasteiger partial charge in [0.05, 0.1) is 6.54 Å². The summed E-state index contributed by atoms with van der Waals surface area (Å²) in [4.78, 5) is 29.9. The number of hydrogen-bond acceptors (Lipinski definition) is 2. The molecule has 2 N–H and O–H groups in total. The molecule has 0 saturated heterocycles. The summed E-state index contributed by atoms with van der Waals surface area (Å²) in [6.07, 6.45) is 3.22. The second-order valence-corrected chi connectivity index (χ2v) is 7.91. The smallest absolute Gasteiger partial charge is 0.254 e. The van der Waals surface area contributed by atoms with Crippen molar-refractivity contribution in [3.63, 3.8) is 0 Å². The van der Waals surface area contributed by atoms with E-state index >= 15 is 0 Å². The average Bonchev–Trinajstić information content (AvgIpc) is 3.04. The minimum absolute atomic E-state index is 0.115. The fraction of sp³-hybridized carbons (Fsp3) is 0.304. The van der Waals surface area contributed by atoms with Crippen LogP contribution in [0, 0.1) is 11.7 Å². The third kappa shape index (κ3) is 4.01. The van der Waals surface area contributed by atoms with E-state index in [1.165, 1.54) is 40.8 Å². The Morgan fingerprint density at radius 1 is 1.24 bits per heavy atom. The van der Waals surface area contributed by atoms with E-state index in [0.717, 1.165) is 23.7 Å². The molecular formula is C23H24FN3O2. The molecule has 0 fully saturated rings. The van der Waals surface area contributed by atoms with Crippen molar-refractivity contribution in [2.24, 2.45) is 5.92 Å². The normalized spacial score (nSPS) is 15.8. The topological polar surface area (TPSA) is 65.2 Å². The van der Waals surface area contributed by atoms with Gasteiger partial charge in [0.1, 0.15) is 5.82 Å². The maximum absolute atomic E-state index is 13.3. The Morgan fingerprint density at radius 3 is 2.86 bits per heavy atom. The van der Waals surface area contributed by atoms with Gasteiger partial charge in [0, 0.05) is 34.9 Å². The highest BCUT2D eigenvalue weighted by Gasteiger charge is 2.21. The summed E-state index contributed by atoms with van der Waals surface area (Å²) in [5.74, 6) is -0.389. The van der Waals surface area contributed by atoms with Gasteiger partial charge in [-0.05, 0) is 67.1 Å². The first-order valence-electron chi connectivity index (χ1n) is 9.85. The predicted octanol–water partition coefficient (Wildman–Crippen LogP) is 4.14. The van der Waals surface area contributed by atoms with E-state index in [0.29, 0.717) is 17.2 Å². The molecule has 4 rings (SSSR count). The molecule has 0 radical (unpaired) electrons. The summed E-state index contributed by atoms with van der Waals surface area (Å²) in [5, 5.41) is 3.71. The Balaban J connectivity index is 1.49. The molecule has 0 unspecified atom stereocenters. The second-order valence-electron chi connectivity index (χ2n) is 7.91. The van der Waals surface area contributed by atoms with Crippen molar-refractivity contribution in [2.75, 3.05) is 18.9 Å². The number of carbonyl (C=O) groups is 2. The number of halogens is 1. The molecule has 2 amide bonds. The first-order valence-corrected chi connectivity index (χ1v) is 9.85. The second kappa shape index (κ2) is 7.70. The molecule has 1 heterocycles. The number of aryl methyl sites for hydroxylation is 1. The molecule has 6 heteroatoms. The summed E-state index contributed by atoms with van der Waals surface area (Å²) in [7, 11) is 1.59. The maximum atomic E-state index is 13.3. The Labute approximate surface area is 168 Å². The number of anilines is 1. The van der Waals surface area contributed by atoms with Crippen LogP contribution in [-0.4, -0.2) is 35.3 Å². The van der Waals surface area contributed by atoms with Crippen LogP contribution in [0.15, 0.2) is 42.5 Å². The molecule has 2 aromatic carbocycles. The molecule has 1 aromatic heterocycles. The van der Waals surface area contributed by atoms with Gasteiger partial charge in [-0.3, -0.25) is 9.59 Å². The SMILES string of the molecule is C[C@H]1CCc2[nH]c3ccc(C(=O)N(C)CC(=O)Nc4cccc(F)c4)cc3c2C1. The van der Waals surface area contributed by atoms with E-state index < -0.39 is 5.82 Å². The molecular weight excluding hydrogens is 369 g/mol. The third-order valence-electron chi connectivity index (χ3n) is 5.52. The number of carbonyl (C=O) groups excluding carboxylic acids is 2. The van der Waals surface area contributed by atoms with E-state index in [4.69, 9.17) is 0 Å². The van der Waals surface area contributed by atoms with E-state index in [2.05, 4.69) is 17.2 Å². The van der Waals surface area contributed by atoms with Gasteiger partial charge >= 0.3 is 0 Å². The molecule has 5 nitrogen and oxygen atoms in total. The zero-order chi connectivity index (χ0) is 20.5. The fourth-order valence-electron chi connectivity index (χ4n) is 4.00. The number of nitrogens with zero attached hydrogens (tertiary/aromatic N) is 1. The monoisotopic (exact) mass is 393 g/mol. The van der Waals surface area contributed by atoms with E-state index in [-0.39, 0.29) is 18.4 Å². The van der Waals surface area contributed by atoms with E-state index in [9.17, 15) is 14.0 Å².